The maximum atomic E-state index is 13.1. The summed E-state index contributed by atoms with van der Waals surface area (Å²) in [5.41, 5.74) is 1.26. The van der Waals surface area contributed by atoms with E-state index in [2.05, 4.69) is 5.32 Å². The van der Waals surface area contributed by atoms with Gasteiger partial charge in [-0.25, -0.2) is 12.8 Å². The second-order valence-corrected chi connectivity index (χ2v) is 7.92. The Balaban J connectivity index is 1.78. The number of rotatable bonds is 4. The number of hydrogen-bond acceptors (Lipinski definition) is 4. The van der Waals surface area contributed by atoms with Gasteiger partial charge in [0.15, 0.2) is 0 Å². The Labute approximate surface area is 151 Å². The van der Waals surface area contributed by atoms with E-state index in [1.165, 1.54) is 35.5 Å². The van der Waals surface area contributed by atoms with Crippen molar-refractivity contribution < 1.29 is 22.3 Å². The van der Waals surface area contributed by atoms with Gasteiger partial charge in [0.1, 0.15) is 5.82 Å². The molecule has 1 heterocycles. The van der Waals surface area contributed by atoms with Crippen LogP contribution in [0.15, 0.2) is 53.4 Å². The maximum Gasteiger partial charge on any atom is 0.243 e. The molecule has 0 spiro atoms. The van der Waals surface area contributed by atoms with Crippen LogP contribution in [0.25, 0.3) is 0 Å². The molecule has 3 rings (SSSR count). The van der Waals surface area contributed by atoms with Crippen LogP contribution in [0, 0.1) is 5.82 Å². The monoisotopic (exact) mass is 378 g/mol. The topological polar surface area (TPSA) is 75.7 Å². The van der Waals surface area contributed by atoms with E-state index in [4.69, 9.17) is 4.74 Å². The van der Waals surface area contributed by atoms with Gasteiger partial charge in [-0.05, 0) is 42.0 Å². The number of sulfonamides is 1. The van der Waals surface area contributed by atoms with Gasteiger partial charge in [-0.1, -0.05) is 12.1 Å². The Morgan fingerprint density at radius 1 is 1.15 bits per heavy atom. The molecule has 0 aliphatic carbocycles. The number of amides is 1. The zero-order valence-electron chi connectivity index (χ0n) is 14.2. The zero-order valence-corrected chi connectivity index (χ0v) is 15.0. The van der Waals surface area contributed by atoms with Crippen LogP contribution in [0.3, 0.4) is 0 Å². The molecule has 138 valence electrons. The Kier molecular flexibility index (Phi) is 5.36. The molecule has 2 aromatic rings. The predicted octanol–water partition coefficient (Wildman–Crippen LogP) is 2.55. The van der Waals surface area contributed by atoms with Gasteiger partial charge in [-0.3, -0.25) is 4.79 Å². The van der Waals surface area contributed by atoms with E-state index in [0.29, 0.717) is 5.69 Å². The molecule has 6 nitrogen and oxygen atoms in total. The Hall–Kier alpha value is -2.29. The van der Waals surface area contributed by atoms with Crippen molar-refractivity contribution in [3.8, 4) is 0 Å². The third kappa shape index (κ3) is 4.09. The molecule has 1 fully saturated rings. The molecule has 26 heavy (non-hydrogen) atoms. The lowest BCUT2D eigenvalue weighted by Gasteiger charge is -2.32. The third-order valence-electron chi connectivity index (χ3n) is 4.08. The number of nitrogens with one attached hydrogen (secondary N) is 1. The number of halogens is 1. The van der Waals surface area contributed by atoms with Crippen molar-refractivity contribution >= 4 is 21.6 Å². The molecule has 1 saturated heterocycles. The number of anilines is 1. The van der Waals surface area contributed by atoms with E-state index in [-0.39, 0.29) is 36.3 Å². The van der Waals surface area contributed by atoms with Crippen molar-refractivity contribution in [2.45, 2.75) is 17.9 Å². The zero-order chi connectivity index (χ0) is 18.7. The Morgan fingerprint density at radius 3 is 2.42 bits per heavy atom. The number of benzene rings is 2. The van der Waals surface area contributed by atoms with Crippen LogP contribution in [0.1, 0.15) is 18.6 Å². The largest absolute Gasteiger partial charge is 0.371 e. The molecule has 1 unspecified atom stereocenters. The lowest BCUT2D eigenvalue weighted by atomic mass is 10.1. The SMILES string of the molecule is CC(=O)Nc1ccc(S(=O)(=O)N2CCOC(c3ccc(F)cc3)C2)cc1. The van der Waals surface area contributed by atoms with Crippen molar-refractivity contribution in [3.63, 3.8) is 0 Å². The van der Waals surface area contributed by atoms with Gasteiger partial charge in [-0.2, -0.15) is 4.31 Å². The normalized spacial score (nSPS) is 18.5. The average molecular weight is 378 g/mol. The predicted molar refractivity (Wildman–Crippen MR) is 94.6 cm³/mol. The highest BCUT2D eigenvalue weighted by Gasteiger charge is 2.31. The molecule has 1 aliphatic rings. The number of morpholine rings is 1. The summed E-state index contributed by atoms with van der Waals surface area (Å²) in [6, 6.07) is 11.9. The van der Waals surface area contributed by atoms with Gasteiger partial charge >= 0.3 is 0 Å². The first-order valence-electron chi connectivity index (χ1n) is 8.11. The average Bonchev–Trinajstić information content (AvgIpc) is 2.62. The van der Waals surface area contributed by atoms with Crippen LogP contribution in [0.2, 0.25) is 0 Å². The molecule has 8 heteroatoms. The van der Waals surface area contributed by atoms with Crippen LogP contribution in [0.4, 0.5) is 10.1 Å². The molecule has 1 amide bonds. The van der Waals surface area contributed by atoms with Gasteiger partial charge in [0, 0.05) is 25.7 Å². The first-order chi connectivity index (χ1) is 12.4. The highest BCUT2D eigenvalue weighted by molar-refractivity contribution is 7.89. The molecule has 1 atom stereocenters. The van der Waals surface area contributed by atoms with Crippen LogP contribution >= 0.6 is 0 Å². The summed E-state index contributed by atoms with van der Waals surface area (Å²) in [6.45, 7) is 2.04. The van der Waals surface area contributed by atoms with Crippen molar-refractivity contribution in [1.82, 2.24) is 4.31 Å². The van der Waals surface area contributed by atoms with Gasteiger partial charge in [0.25, 0.3) is 0 Å². The van der Waals surface area contributed by atoms with Crippen molar-refractivity contribution in [1.29, 1.82) is 0 Å². The van der Waals surface area contributed by atoms with Gasteiger partial charge in [-0.15, -0.1) is 0 Å². The first-order valence-corrected chi connectivity index (χ1v) is 9.55. The smallest absolute Gasteiger partial charge is 0.243 e. The van der Waals surface area contributed by atoms with Crippen LogP contribution in [0.5, 0.6) is 0 Å². The van der Waals surface area contributed by atoms with E-state index in [1.54, 1.807) is 24.3 Å². The molecule has 1 N–H and O–H groups in total. The molecular formula is C18H19FN2O4S. The highest BCUT2D eigenvalue weighted by Crippen LogP contribution is 2.27. The lowest BCUT2D eigenvalue weighted by Crippen LogP contribution is -2.42. The fourth-order valence-electron chi connectivity index (χ4n) is 2.79. The first kappa shape index (κ1) is 18.5. The highest BCUT2D eigenvalue weighted by atomic mass is 32.2. The minimum atomic E-state index is -3.69. The number of ether oxygens (including phenoxy) is 1. The minimum Gasteiger partial charge on any atom is -0.371 e. The number of nitrogens with zero attached hydrogens (tertiary/aromatic N) is 1. The molecule has 0 saturated carbocycles. The summed E-state index contributed by atoms with van der Waals surface area (Å²) in [5, 5.41) is 2.60. The molecule has 0 aromatic heterocycles. The van der Waals surface area contributed by atoms with E-state index >= 15 is 0 Å². The van der Waals surface area contributed by atoms with E-state index in [0.717, 1.165) is 5.56 Å². The number of carbonyl (C=O) groups is 1. The van der Waals surface area contributed by atoms with Crippen LogP contribution < -0.4 is 5.32 Å². The van der Waals surface area contributed by atoms with E-state index in [9.17, 15) is 17.6 Å². The minimum absolute atomic E-state index is 0.145. The number of hydrogen-bond donors (Lipinski definition) is 1. The summed E-state index contributed by atoms with van der Waals surface area (Å²) in [6.07, 6.45) is -0.447. The lowest BCUT2D eigenvalue weighted by molar-refractivity contribution is -0.114. The van der Waals surface area contributed by atoms with Gasteiger partial charge in [0.2, 0.25) is 15.9 Å². The Bertz CT molecular complexity index is 882. The fraction of sp³-hybridized carbons (Fsp3) is 0.278. The summed E-state index contributed by atoms with van der Waals surface area (Å²) >= 11 is 0. The molecule has 0 bridgehead atoms. The second kappa shape index (κ2) is 7.53. The van der Waals surface area contributed by atoms with Gasteiger partial charge in [0.05, 0.1) is 17.6 Å². The van der Waals surface area contributed by atoms with E-state index in [1.807, 2.05) is 0 Å². The molecule has 2 aromatic carbocycles. The standard InChI is InChI=1S/C18H19FN2O4S/c1-13(22)20-16-6-8-17(9-7-16)26(23,24)21-10-11-25-18(12-21)14-2-4-15(19)5-3-14/h2-9,18H,10-12H2,1H3,(H,20,22). The maximum absolute atomic E-state index is 13.1. The number of carbonyl (C=O) groups excluding carboxylic acids is 1. The summed E-state index contributed by atoms with van der Waals surface area (Å²) in [5.74, 6) is -0.579. The summed E-state index contributed by atoms with van der Waals surface area (Å²) < 4.78 is 45.8. The van der Waals surface area contributed by atoms with Crippen LogP contribution in [-0.2, 0) is 19.6 Å². The van der Waals surface area contributed by atoms with Crippen molar-refractivity contribution in [2.75, 3.05) is 25.0 Å². The van der Waals surface area contributed by atoms with Crippen molar-refractivity contribution in [2.24, 2.45) is 0 Å². The molecule has 0 radical (unpaired) electrons. The molecular weight excluding hydrogens is 359 g/mol. The Morgan fingerprint density at radius 2 is 1.81 bits per heavy atom. The van der Waals surface area contributed by atoms with Gasteiger partial charge < -0.3 is 10.1 Å². The fourth-order valence-corrected chi connectivity index (χ4v) is 4.21. The summed E-state index contributed by atoms with van der Waals surface area (Å²) in [4.78, 5) is 11.2. The third-order valence-corrected chi connectivity index (χ3v) is 5.96. The van der Waals surface area contributed by atoms with Crippen LogP contribution in [-0.4, -0.2) is 38.3 Å². The summed E-state index contributed by atoms with van der Waals surface area (Å²) in [7, 11) is -3.69. The van der Waals surface area contributed by atoms with Crippen molar-refractivity contribution in [3.05, 3.63) is 59.9 Å². The molecule has 1 aliphatic heterocycles. The van der Waals surface area contributed by atoms with E-state index < -0.39 is 16.1 Å². The second-order valence-electron chi connectivity index (χ2n) is 5.98. The quantitative estimate of drug-likeness (QED) is 0.887.